The maximum absolute atomic E-state index is 4.45. The summed E-state index contributed by atoms with van der Waals surface area (Å²) in [5, 5.41) is 3.58. The molecule has 1 aromatic carbocycles. The number of aromatic nitrogens is 1. The van der Waals surface area contributed by atoms with E-state index >= 15 is 0 Å². The van der Waals surface area contributed by atoms with E-state index in [1.165, 1.54) is 11.3 Å². The number of nitrogens with one attached hydrogen (secondary N) is 1. The molecule has 1 saturated heterocycles. The molecule has 0 aliphatic carbocycles. The first-order chi connectivity index (χ1) is 8.43. The molecule has 0 saturated carbocycles. The fourth-order valence-corrected chi connectivity index (χ4v) is 2.52. The Morgan fingerprint density at radius 2 is 1.82 bits per heavy atom. The van der Waals surface area contributed by atoms with Gasteiger partial charge in [0.1, 0.15) is 0 Å². The summed E-state index contributed by atoms with van der Waals surface area (Å²) in [6.45, 7) is 1.02. The van der Waals surface area contributed by atoms with Gasteiger partial charge >= 0.3 is 0 Å². The largest absolute Gasteiger partial charge is 0.309 e. The first kappa shape index (κ1) is 10.5. The van der Waals surface area contributed by atoms with Crippen molar-refractivity contribution < 1.29 is 0 Å². The molecule has 0 radical (unpaired) electrons. The lowest BCUT2D eigenvalue weighted by atomic mass is 9.97. The van der Waals surface area contributed by atoms with E-state index in [0.29, 0.717) is 12.0 Å². The monoisotopic (exact) mass is 224 g/mol. The van der Waals surface area contributed by atoms with Gasteiger partial charge in [-0.25, -0.2) is 0 Å². The Bertz CT molecular complexity index is 421. The van der Waals surface area contributed by atoms with Crippen molar-refractivity contribution in [3.05, 3.63) is 66.0 Å². The van der Waals surface area contributed by atoms with Crippen molar-refractivity contribution >= 4 is 0 Å². The fraction of sp³-hybridized carbons (Fsp3) is 0.267. The Morgan fingerprint density at radius 3 is 2.59 bits per heavy atom. The number of nitrogens with zero attached hydrogens (tertiary/aromatic N) is 1. The van der Waals surface area contributed by atoms with E-state index in [2.05, 4.69) is 52.8 Å². The zero-order chi connectivity index (χ0) is 11.5. The van der Waals surface area contributed by atoms with Crippen LogP contribution in [0.5, 0.6) is 0 Å². The predicted octanol–water partition coefficient (Wildman–Crippen LogP) is 2.90. The van der Waals surface area contributed by atoms with Gasteiger partial charge in [-0.05, 0) is 24.1 Å². The molecule has 1 aromatic heterocycles. The summed E-state index contributed by atoms with van der Waals surface area (Å²) in [7, 11) is 0. The molecule has 3 rings (SSSR count). The molecule has 2 nitrogen and oxygen atoms in total. The van der Waals surface area contributed by atoms with E-state index in [-0.39, 0.29) is 0 Å². The predicted molar refractivity (Wildman–Crippen MR) is 68.8 cm³/mol. The van der Waals surface area contributed by atoms with Crippen molar-refractivity contribution in [1.29, 1.82) is 0 Å². The highest BCUT2D eigenvalue weighted by Crippen LogP contribution is 2.32. The third-order valence-corrected chi connectivity index (χ3v) is 3.44. The molecule has 0 bridgehead atoms. The van der Waals surface area contributed by atoms with Gasteiger partial charge in [-0.3, -0.25) is 4.98 Å². The van der Waals surface area contributed by atoms with E-state index in [0.717, 1.165) is 13.0 Å². The van der Waals surface area contributed by atoms with Crippen molar-refractivity contribution in [2.24, 2.45) is 0 Å². The lowest BCUT2D eigenvalue weighted by Crippen LogP contribution is -2.13. The van der Waals surface area contributed by atoms with Crippen LogP contribution in [0, 0.1) is 0 Å². The summed E-state index contributed by atoms with van der Waals surface area (Å²) in [5.74, 6) is 0.543. The van der Waals surface area contributed by atoms with Crippen LogP contribution in [-0.2, 0) is 0 Å². The van der Waals surface area contributed by atoms with Crippen molar-refractivity contribution in [3.8, 4) is 0 Å². The van der Waals surface area contributed by atoms with E-state index in [1.54, 1.807) is 0 Å². The van der Waals surface area contributed by atoms with Crippen LogP contribution >= 0.6 is 0 Å². The lowest BCUT2D eigenvalue weighted by molar-refractivity contribution is 0.639. The number of hydrogen-bond acceptors (Lipinski definition) is 2. The Morgan fingerprint density at radius 1 is 1.00 bits per heavy atom. The Labute approximate surface area is 102 Å². The van der Waals surface area contributed by atoms with Gasteiger partial charge in [-0.1, -0.05) is 36.4 Å². The topological polar surface area (TPSA) is 24.9 Å². The van der Waals surface area contributed by atoms with Crippen molar-refractivity contribution in [1.82, 2.24) is 10.3 Å². The maximum Gasteiger partial charge on any atom is 0.0447 e. The van der Waals surface area contributed by atoms with Gasteiger partial charge < -0.3 is 5.32 Å². The molecule has 0 spiro atoms. The van der Waals surface area contributed by atoms with E-state index in [4.69, 9.17) is 0 Å². The Kier molecular flexibility index (Phi) is 2.88. The Hall–Kier alpha value is -1.67. The fourth-order valence-electron chi connectivity index (χ4n) is 2.52. The van der Waals surface area contributed by atoms with E-state index in [9.17, 15) is 0 Å². The van der Waals surface area contributed by atoms with Crippen LogP contribution in [0.25, 0.3) is 0 Å². The highest BCUT2D eigenvalue weighted by molar-refractivity contribution is 5.23. The van der Waals surface area contributed by atoms with Gasteiger partial charge in [0.2, 0.25) is 0 Å². The average molecular weight is 224 g/mol. The molecule has 1 N–H and O–H groups in total. The SMILES string of the molecule is c1ccc(C2CC(c3ccccn3)CN2)cc1. The normalized spacial score (nSPS) is 23.8. The number of benzene rings is 1. The zero-order valence-corrected chi connectivity index (χ0v) is 9.71. The minimum absolute atomic E-state index is 0.475. The summed E-state index contributed by atoms with van der Waals surface area (Å²) < 4.78 is 0. The number of pyridine rings is 1. The molecule has 1 fully saturated rings. The molecule has 86 valence electrons. The highest BCUT2D eigenvalue weighted by Gasteiger charge is 2.26. The van der Waals surface area contributed by atoms with Crippen LogP contribution in [-0.4, -0.2) is 11.5 Å². The van der Waals surface area contributed by atoms with Crippen LogP contribution in [0.2, 0.25) is 0 Å². The first-order valence-corrected chi connectivity index (χ1v) is 6.13. The van der Waals surface area contributed by atoms with Crippen molar-refractivity contribution in [3.63, 3.8) is 0 Å². The number of hydrogen-bond donors (Lipinski definition) is 1. The van der Waals surface area contributed by atoms with Gasteiger partial charge in [0, 0.05) is 30.4 Å². The third kappa shape index (κ3) is 2.22. The summed E-state index contributed by atoms with van der Waals surface area (Å²) in [6, 6.07) is 17.3. The molecule has 1 aliphatic heterocycles. The summed E-state index contributed by atoms with van der Waals surface area (Å²) >= 11 is 0. The first-order valence-electron chi connectivity index (χ1n) is 6.13. The second-order valence-corrected chi connectivity index (χ2v) is 4.56. The van der Waals surface area contributed by atoms with Gasteiger partial charge in [0.05, 0.1) is 0 Å². The Balaban J connectivity index is 1.75. The van der Waals surface area contributed by atoms with Gasteiger partial charge in [-0.15, -0.1) is 0 Å². The molecular formula is C15H16N2. The number of rotatable bonds is 2. The van der Waals surface area contributed by atoms with Crippen LogP contribution in [0.4, 0.5) is 0 Å². The molecule has 2 atom stereocenters. The van der Waals surface area contributed by atoms with E-state index < -0.39 is 0 Å². The van der Waals surface area contributed by atoms with Crippen LogP contribution in [0.1, 0.15) is 29.6 Å². The van der Waals surface area contributed by atoms with Crippen molar-refractivity contribution in [2.45, 2.75) is 18.4 Å². The minimum atomic E-state index is 0.475. The molecule has 17 heavy (non-hydrogen) atoms. The lowest BCUT2D eigenvalue weighted by Gasteiger charge is -2.10. The van der Waals surface area contributed by atoms with Gasteiger partial charge in [0.15, 0.2) is 0 Å². The van der Waals surface area contributed by atoms with Crippen LogP contribution in [0.15, 0.2) is 54.7 Å². The summed E-state index contributed by atoms with van der Waals surface area (Å²) in [5.41, 5.74) is 2.59. The second-order valence-electron chi connectivity index (χ2n) is 4.56. The minimum Gasteiger partial charge on any atom is -0.309 e. The maximum atomic E-state index is 4.45. The standard InChI is InChI=1S/C15H16N2/c1-2-6-12(7-3-1)15-10-13(11-17-15)14-8-4-5-9-16-14/h1-9,13,15,17H,10-11H2. The van der Waals surface area contributed by atoms with E-state index in [1.807, 2.05) is 12.3 Å². The smallest absolute Gasteiger partial charge is 0.0447 e. The molecule has 1 aliphatic rings. The zero-order valence-electron chi connectivity index (χ0n) is 9.71. The summed E-state index contributed by atoms with van der Waals surface area (Å²) in [4.78, 5) is 4.45. The van der Waals surface area contributed by atoms with Crippen LogP contribution in [0.3, 0.4) is 0 Å². The van der Waals surface area contributed by atoms with Gasteiger partial charge in [0.25, 0.3) is 0 Å². The molecule has 2 heteroatoms. The van der Waals surface area contributed by atoms with Crippen molar-refractivity contribution in [2.75, 3.05) is 6.54 Å². The van der Waals surface area contributed by atoms with Crippen LogP contribution < -0.4 is 5.32 Å². The quantitative estimate of drug-likeness (QED) is 0.848. The molecular weight excluding hydrogens is 208 g/mol. The average Bonchev–Trinajstić information content (AvgIpc) is 2.90. The summed E-state index contributed by atoms with van der Waals surface area (Å²) in [6.07, 6.45) is 3.02. The molecule has 2 unspecified atom stereocenters. The molecule has 0 amide bonds. The molecule has 2 heterocycles. The van der Waals surface area contributed by atoms with Gasteiger partial charge in [-0.2, -0.15) is 0 Å². The third-order valence-electron chi connectivity index (χ3n) is 3.44. The molecule has 2 aromatic rings. The highest BCUT2D eigenvalue weighted by atomic mass is 15.0. The second kappa shape index (κ2) is 4.68.